The Morgan fingerprint density at radius 2 is 2.14 bits per heavy atom. The zero-order chi connectivity index (χ0) is 20.4. The summed E-state index contributed by atoms with van der Waals surface area (Å²) in [5, 5.41) is 12.4. The highest BCUT2D eigenvalue weighted by molar-refractivity contribution is 9.10. The molecule has 0 spiro atoms. The second-order valence-corrected chi connectivity index (χ2v) is 7.85. The minimum Gasteiger partial charge on any atom is -0.459 e. The molecule has 1 aromatic carbocycles. The number of hydrogen-bond acceptors (Lipinski definition) is 6. The molecule has 148 valence electrons. The van der Waals surface area contributed by atoms with Crippen molar-refractivity contribution in [2.45, 2.75) is 19.8 Å². The van der Waals surface area contributed by atoms with Crippen molar-refractivity contribution < 1.29 is 13.6 Å². The first-order valence-electron chi connectivity index (χ1n) is 9.32. The summed E-state index contributed by atoms with van der Waals surface area (Å²) in [6.07, 6.45) is 2.86. The van der Waals surface area contributed by atoms with Gasteiger partial charge in [0, 0.05) is 23.5 Å². The largest absolute Gasteiger partial charge is 0.459 e. The maximum Gasteiger partial charge on any atom is 0.266 e. The highest BCUT2D eigenvalue weighted by Gasteiger charge is 2.29. The minimum absolute atomic E-state index is 0.00329. The van der Waals surface area contributed by atoms with E-state index in [1.807, 2.05) is 30.0 Å². The molecule has 1 amide bonds. The van der Waals surface area contributed by atoms with Crippen LogP contribution in [0, 0.1) is 24.2 Å². The van der Waals surface area contributed by atoms with Crippen molar-refractivity contribution in [3.05, 3.63) is 52.3 Å². The standard InChI is InChI=1S/C21H19BrN4O3/c1-13-4-5-16(15(22)11-13)24-19(27)14-6-8-26(9-7-14)21-17(12-23)25-20(29-21)18-3-2-10-28-18/h2-5,10-11,14H,6-9H2,1H3,(H,24,27). The van der Waals surface area contributed by atoms with Gasteiger partial charge in [-0.3, -0.25) is 4.79 Å². The summed E-state index contributed by atoms with van der Waals surface area (Å²) in [5.74, 6) is 1.09. The number of aromatic nitrogens is 1. The van der Waals surface area contributed by atoms with Gasteiger partial charge in [0.15, 0.2) is 5.76 Å². The zero-order valence-corrected chi connectivity index (χ0v) is 17.4. The van der Waals surface area contributed by atoms with Crippen LogP contribution in [0.4, 0.5) is 11.6 Å². The van der Waals surface area contributed by atoms with Crippen LogP contribution in [0.15, 0.2) is 49.9 Å². The summed E-state index contributed by atoms with van der Waals surface area (Å²) >= 11 is 3.49. The van der Waals surface area contributed by atoms with Crippen molar-refractivity contribution >= 4 is 33.4 Å². The van der Waals surface area contributed by atoms with Gasteiger partial charge in [-0.2, -0.15) is 10.2 Å². The molecule has 4 rings (SSSR count). The summed E-state index contributed by atoms with van der Waals surface area (Å²) in [4.78, 5) is 18.9. The predicted molar refractivity (Wildman–Crippen MR) is 111 cm³/mol. The molecular weight excluding hydrogens is 436 g/mol. The van der Waals surface area contributed by atoms with Crippen molar-refractivity contribution in [3.63, 3.8) is 0 Å². The topological polar surface area (TPSA) is 95.3 Å². The van der Waals surface area contributed by atoms with Gasteiger partial charge >= 0.3 is 0 Å². The average molecular weight is 455 g/mol. The van der Waals surface area contributed by atoms with Gasteiger partial charge in [0.05, 0.1) is 12.0 Å². The number of amides is 1. The maximum absolute atomic E-state index is 12.7. The van der Waals surface area contributed by atoms with Crippen LogP contribution >= 0.6 is 15.9 Å². The Bertz CT molecular complexity index is 1060. The molecule has 29 heavy (non-hydrogen) atoms. The molecule has 1 aliphatic rings. The SMILES string of the molecule is Cc1ccc(NC(=O)C2CCN(c3oc(-c4ccco4)nc3C#N)CC2)c(Br)c1. The van der Waals surface area contributed by atoms with E-state index in [1.54, 1.807) is 12.1 Å². The molecule has 2 aromatic heterocycles. The van der Waals surface area contributed by atoms with E-state index in [-0.39, 0.29) is 23.4 Å². The van der Waals surface area contributed by atoms with E-state index >= 15 is 0 Å². The van der Waals surface area contributed by atoms with Crippen LogP contribution in [0.2, 0.25) is 0 Å². The monoisotopic (exact) mass is 454 g/mol. The van der Waals surface area contributed by atoms with Gasteiger partial charge in [0.25, 0.3) is 5.89 Å². The number of carbonyl (C=O) groups is 1. The van der Waals surface area contributed by atoms with Crippen molar-refractivity contribution in [3.8, 4) is 17.7 Å². The fourth-order valence-electron chi connectivity index (χ4n) is 3.41. The molecule has 0 saturated carbocycles. The number of carbonyl (C=O) groups excluding carboxylic acids is 1. The van der Waals surface area contributed by atoms with Crippen LogP contribution in [0.5, 0.6) is 0 Å². The van der Waals surface area contributed by atoms with Gasteiger partial charge in [0.2, 0.25) is 17.5 Å². The Balaban J connectivity index is 1.42. The number of nitrogens with zero attached hydrogens (tertiary/aromatic N) is 3. The number of rotatable bonds is 4. The average Bonchev–Trinajstić information content (AvgIpc) is 3.39. The number of piperidine rings is 1. The molecule has 7 nitrogen and oxygen atoms in total. The third-order valence-electron chi connectivity index (χ3n) is 4.98. The van der Waals surface area contributed by atoms with Gasteiger partial charge in [-0.05, 0) is 65.5 Å². The molecule has 3 aromatic rings. The minimum atomic E-state index is -0.0996. The zero-order valence-electron chi connectivity index (χ0n) is 15.8. The smallest absolute Gasteiger partial charge is 0.266 e. The highest BCUT2D eigenvalue weighted by atomic mass is 79.9. The van der Waals surface area contributed by atoms with E-state index in [0.717, 1.165) is 15.7 Å². The maximum atomic E-state index is 12.7. The molecule has 3 heterocycles. The number of hydrogen-bond donors (Lipinski definition) is 1. The van der Waals surface area contributed by atoms with Crippen LogP contribution < -0.4 is 10.2 Å². The number of aryl methyl sites for hydroxylation is 1. The predicted octanol–water partition coefficient (Wildman–Crippen LogP) is 4.73. The number of halogens is 1. The number of furan rings is 1. The second-order valence-electron chi connectivity index (χ2n) is 7.00. The van der Waals surface area contributed by atoms with E-state index in [2.05, 4.69) is 32.3 Å². The Morgan fingerprint density at radius 3 is 2.79 bits per heavy atom. The number of oxazole rings is 1. The molecule has 0 radical (unpaired) electrons. The van der Waals surface area contributed by atoms with Gasteiger partial charge in [-0.15, -0.1) is 0 Å². The summed E-state index contributed by atoms with van der Waals surface area (Å²) < 4.78 is 12.0. The molecule has 1 saturated heterocycles. The first kappa shape index (κ1) is 19.3. The van der Waals surface area contributed by atoms with E-state index in [9.17, 15) is 10.1 Å². The summed E-state index contributed by atoms with van der Waals surface area (Å²) in [6.45, 7) is 3.21. The molecule has 0 atom stereocenters. The number of benzene rings is 1. The van der Waals surface area contributed by atoms with Gasteiger partial charge in [-0.25, -0.2) is 0 Å². The van der Waals surface area contributed by atoms with Crippen molar-refractivity contribution in [1.82, 2.24) is 4.98 Å². The lowest BCUT2D eigenvalue weighted by molar-refractivity contribution is -0.120. The quantitative estimate of drug-likeness (QED) is 0.611. The Morgan fingerprint density at radius 1 is 1.34 bits per heavy atom. The lowest BCUT2D eigenvalue weighted by atomic mass is 9.95. The Kier molecular flexibility index (Phi) is 5.41. The molecule has 0 bridgehead atoms. The van der Waals surface area contributed by atoms with Gasteiger partial charge < -0.3 is 19.1 Å². The first-order valence-corrected chi connectivity index (χ1v) is 10.1. The first-order chi connectivity index (χ1) is 14.0. The third kappa shape index (κ3) is 4.05. The second kappa shape index (κ2) is 8.13. The van der Waals surface area contributed by atoms with Crippen LogP contribution in [0.3, 0.4) is 0 Å². The number of nitrogens with one attached hydrogen (secondary N) is 1. The lowest BCUT2D eigenvalue weighted by Gasteiger charge is -2.31. The Hall–Kier alpha value is -3.05. The molecule has 0 unspecified atom stereocenters. The van der Waals surface area contributed by atoms with E-state index in [4.69, 9.17) is 8.83 Å². The van der Waals surface area contributed by atoms with Crippen LogP contribution in [-0.4, -0.2) is 24.0 Å². The van der Waals surface area contributed by atoms with E-state index < -0.39 is 0 Å². The van der Waals surface area contributed by atoms with Crippen LogP contribution in [0.1, 0.15) is 24.1 Å². The summed E-state index contributed by atoms with van der Waals surface area (Å²) in [5.41, 5.74) is 2.12. The fraction of sp³-hybridized carbons (Fsp3) is 0.286. The summed E-state index contributed by atoms with van der Waals surface area (Å²) in [6, 6.07) is 11.4. The molecular formula is C21H19BrN4O3. The van der Waals surface area contributed by atoms with Gasteiger partial charge in [-0.1, -0.05) is 6.07 Å². The molecule has 8 heteroatoms. The van der Waals surface area contributed by atoms with E-state index in [0.29, 0.717) is 37.6 Å². The number of anilines is 2. The van der Waals surface area contributed by atoms with Crippen LogP contribution in [-0.2, 0) is 4.79 Å². The lowest BCUT2D eigenvalue weighted by Crippen LogP contribution is -2.38. The van der Waals surface area contributed by atoms with E-state index in [1.165, 1.54) is 6.26 Å². The fourth-order valence-corrected chi connectivity index (χ4v) is 4.00. The highest BCUT2D eigenvalue weighted by Crippen LogP contribution is 2.32. The molecule has 0 aliphatic carbocycles. The molecule has 1 aliphatic heterocycles. The third-order valence-corrected chi connectivity index (χ3v) is 5.64. The Labute approximate surface area is 176 Å². The number of nitriles is 1. The molecule has 1 N–H and O–H groups in total. The molecule has 1 fully saturated rings. The van der Waals surface area contributed by atoms with Crippen molar-refractivity contribution in [2.24, 2.45) is 5.92 Å². The van der Waals surface area contributed by atoms with Crippen molar-refractivity contribution in [2.75, 3.05) is 23.3 Å². The normalized spacial score (nSPS) is 14.6. The summed E-state index contributed by atoms with van der Waals surface area (Å²) in [7, 11) is 0. The van der Waals surface area contributed by atoms with Gasteiger partial charge in [0.1, 0.15) is 6.07 Å². The van der Waals surface area contributed by atoms with Crippen LogP contribution in [0.25, 0.3) is 11.7 Å². The van der Waals surface area contributed by atoms with Crippen molar-refractivity contribution in [1.29, 1.82) is 5.26 Å².